The molecule has 27 heavy (non-hydrogen) atoms. The molecule has 2 rings (SSSR count). The lowest BCUT2D eigenvalue weighted by atomic mass is 10.1. The van der Waals surface area contributed by atoms with Crippen molar-refractivity contribution in [3.05, 3.63) is 28.8 Å². The molecule has 1 aliphatic rings. The summed E-state index contributed by atoms with van der Waals surface area (Å²) < 4.78 is 0. The van der Waals surface area contributed by atoms with Crippen molar-refractivity contribution in [1.29, 1.82) is 0 Å². The molecule has 0 aliphatic carbocycles. The minimum absolute atomic E-state index is 0.372. The lowest BCUT2D eigenvalue weighted by molar-refractivity contribution is -0.156. The first kappa shape index (κ1) is 21.5. The van der Waals surface area contributed by atoms with E-state index in [1.54, 1.807) is 9.80 Å². The Bertz CT molecular complexity index is 646. The number of benzene rings is 1. The molecule has 6 heteroatoms. The Balaban J connectivity index is 1.95. The molecular weight excluding hydrogens is 362 g/mol. The van der Waals surface area contributed by atoms with Gasteiger partial charge < -0.3 is 14.7 Å². The summed E-state index contributed by atoms with van der Waals surface area (Å²) in [5, 5.41) is 0.685. The zero-order chi connectivity index (χ0) is 19.8. The molecule has 0 spiro atoms. The Morgan fingerprint density at radius 2 is 1.63 bits per heavy atom. The molecule has 0 unspecified atom stereocenters. The maximum atomic E-state index is 12.5. The Hall–Kier alpha value is -1.75. The van der Waals surface area contributed by atoms with Crippen LogP contribution in [0.5, 0.6) is 0 Å². The van der Waals surface area contributed by atoms with Gasteiger partial charge in [0.15, 0.2) is 0 Å². The fourth-order valence-electron chi connectivity index (χ4n) is 3.50. The van der Waals surface area contributed by atoms with E-state index in [1.807, 2.05) is 18.2 Å². The van der Waals surface area contributed by atoms with E-state index in [2.05, 4.69) is 25.7 Å². The van der Waals surface area contributed by atoms with Gasteiger partial charge in [0.05, 0.1) is 10.7 Å². The number of nitrogens with zero attached hydrogens (tertiary/aromatic N) is 3. The number of piperazine rings is 1. The molecule has 5 nitrogen and oxygen atoms in total. The van der Waals surface area contributed by atoms with Crippen molar-refractivity contribution in [3.63, 3.8) is 0 Å². The molecule has 150 valence electrons. The second-order valence-electron chi connectivity index (χ2n) is 7.04. The molecule has 0 N–H and O–H groups in total. The highest BCUT2D eigenvalue weighted by molar-refractivity contribution is 6.35. The van der Waals surface area contributed by atoms with E-state index >= 15 is 0 Å². The van der Waals surface area contributed by atoms with E-state index in [4.69, 9.17) is 11.6 Å². The van der Waals surface area contributed by atoms with Crippen LogP contribution in [0.25, 0.3) is 0 Å². The quantitative estimate of drug-likeness (QED) is 0.446. The van der Waals surface area contributed by atoms with Gasteiger partial charge in [-0.15, -0.1) is 0 Å². The van der Waals surface area contributed by atoms with Crippen molar-refractivity contribution < 1.29 is 9.59 Å². The van der Waals surface area contributed by atoms with Gasteiger partial charge in [0.2, 0.25) is 0 Å². The maximum absolute atomic E-state index is 12.5. The summed E-state index contributed by atoms with van der Waals surface area (Å²) in [6.07, 6.45) is 4.41. The number of amides is 2. The number of rotatable bonds is 10. The Morgan fingerprint density at radius 1 is 0.963 bits per heavy atom. The van der Waals surface area contributed by atoms with Crippen molar-refractivity contribution in [2.75, 3.05) is 37.6 Å². The average molecular weight is 394 g/mol. The van der Waals surface area contributed by atoms with E-state index in [0.717, 1.165) is 43.6 Å². The number of carbonyl (C=O) groups excluding carboxylic acids is 2. The van der Waals surface area contributed by atoms with Crippen molar-refractivity contribution in [3.8, 4) is 0 Å². The third kappa shape index (κ3) is 5.61. The third-order valence-electron chi connectivity index (χ3n) is 5.17. The second-order valence-corrected chi connectivity index (χ2v) is 7.44. The Kier molecular flexibility index (Phi) is 8.42. The summed E-state index contributed by atoms with van der Waals surface area (Å²) >= 11 is 6.45. The molecule has 2 amide bonds. The molecule has 1 fully saturated rings. The van der Waals surface area contributed by atoms with Crippen LogP contribution >= 0.6 is 11.6 Å². The maximum Gasteiger partial charge on any atom is 0.312 e. The Morgan fingerprint density at radius 3 is 2.26 bits per heavy atom. The minimum atomic E-state index is -0.402. The zero-order valence-corrected chi connectivity index (χ0v) is 17.6. The number of hydrogen-bond acceptors (Lipinski definition) is 3. The topological polar surface area (TPSA) is 43.9 Å². The number of hydrogen-bond donors (Lipinski definition) is 0. The van der Waals surface area contributed by atoms with Crippen LogP contribution in [-0.4, -0.2) is 54.3 Å². The summed E-state index contributed by atoms with van der Waals surface area (Å²) in [5.74, 6) is -0.774. The summed E-state index contributed by atoms with van der Waals surface area (Å²) in [4.78, 5) is 30.4. The van der Waals surface area contributed by atoms with Gasteiger partial charge in [-0.1, -0.05) is 43.9 Å². The van der Waals surface area contributed by atoms with Crippen molar-refractivity contribution in [2.45, 2.75) is 53.0 Å². The van der Waals surface area contributed by atoms with E-state index in [-0.39, 0.29) is 5.91 Å². The molecule has 1 heterocycles. The standard InChI is InChI=1S/C21H32ClN3O2/c1-4-7-8-9-12-24-13-14-25(21(27)20(24)26)16-17-10-11-19(18(22)15-17)23(5-2)6-3/h10-11,15H,4-9,12-14,16H2,1-3H3. The van der Waals surface area contributed by atoms with Gasteiger partial charge in [-0.3, -0.25) is 9.59 Å². The molecule has 0 saturated carbocycles. The van der Waals surface area contributed by atoms with E-state index in [9.17, 15) is 9.59 Å². The van der Waals surface area contributed by atoms with Gasteiger partial charge in [-0.25, -0.2) is 0 Å². The molecule has 0 atom stereocenters. The molecule has 0 radical (unpaired) electrons. The molecule has 0 aromatic heterocycles. The molecule has 1 aromatic carbocycles. The van der Waals surface area contributed by atoms with Crippen LogP contribution in [0.2, 0.25) is 5.02 Å². The summed E-state index contributed by atoms with van der Waals surface area (Å²) in [7, 11) is 0. The SMILES string of the molecule is CCCCCCN1CCN(Cc2ccc(N(CC)CC)c(Cl)c2)C(=O)C1=O. The first-order valence-corrected chi connectivity index (χ1v) is 10.5. The van der Waals surface area contributed by atoms with Crippen molar-refractivity contribution >= 4 is 29.1 Å². The molecule has 1 aliphatic heterocycles. The van der Waals surface area contributed by atoms with Crippen molar-refractivity contribution in [1.82, 2.24) is 9.80 Å². The smallest absolute Gasteiger partial charge is 0.312 e. The largest absolute Gasteiger partial charge is 0.371 e. The van der Waals surface area contributed by atoms with E-state index < -0.39 is 5.91 Å². The van der Waals surface area contributed by atoms with Crippen LogP contribution < -0.4 is 4.90 Å². The van der Waals surface area contributed by atoms with Crippen LogP contribution in [0.3, 0.4) is 0 Å². The van der Waals surface area contributed by atoms with E-state index in [1.165, 1.54) is 6.42 Å². The fourth-order valence-corrected chi connectivity index (χ4v) is 3.82. The van der Waals surface area contributed by atoms with Gasteiger partial charge in [-0.2, -0.15) is 0 Å². The lowest BCUT2D eigenvalue weighted by Gasteiger charge is -2.34. The highest BCUT2D eigenvalue weighted by atomic mass is 35.5. The highest BCUT2D eigenvalue weighted by Gasteiger charge is 2.32. The first-order chi connectivity index (χ1) is 13.0. The summed E-state index contributed by atoms with van der Waals surface area (Å²) in [6.45, 7) is 10.4. The predicted molar refractivity (Wildman–Crippen MR) is 111 cm³/mol. The second kappa shape index (κ2) is 10.5. The predicted octanol–water partition coefficient (Wildman–Crippen LogP) is 3.94. The lowest BCUT2D eigenvalue weighted by Crippen LogP contribution is -2.54. The monoisotopic (exact) mass is 393 g/mol. The van der Waals surface area contributed by atoms with Gasteiger partial charge in [-0.05, 0) is 38.0 Å². The minimum Gasteiger partial charge on any atom is -0.371 e. The van der Waals surface area contributed by atoms with Gasteiger partial charge >= 0.3 is 11.8 Å². The van der Waals surface area contributed by atoms with Crippen LogP contribution in [-0.2, 0) is 16.1 Å². The number of carbonyl (C=O) groups is 2. The molecule has 0 bridgehead atoms. The van der Waals surface area contributed by atoms with Crippen LogP contribution in [0.4, 0.5) is 5.69 Å². The summed E-state index contributed by atoms with van der Waals surface area (Å²) in [6, 6.07) is 5.90. The normalized spacial score (nSPS) is 14.8. The average Bonchev–Trinajstić information content (AvgIpc) is 2.66. The number of anilines is 1. The number of halogens is 1. The fraction of sp³-hybridized carbons (Fsp3) is 0.619. The third-order valence-corrected chi connectivity index (χ3v) is 5.47. The van der Waals surface area contributed by atoms with Gasteiger partial charge in [0.25, 0.3) is 0 Å². The van der Waals surface area contributed by atoms with Gasteiger partial charge in [0.1, 0.15) is 0 Å². The number of unbranched alkanes of at least 4 members (excludes halogenated alkanes) is 3. The molecular formula is C21H32ClN3O2. The van der Waals surface area contributed by atoms with E-state index in [0.29, 0.717) is 31.2 Å². The first-order valence-electron chi connectivity index (χ1n) is 10.1. The van der Waals surface area contributed by atoms with Crippen LogP contribution in [0.1, 0.15) is 52.0 Å². The van der Waals surface area contributed by atoms with Crippen LogP contribution in [0.15, 0.2) is 18.2 Å². The summed E-state index contributed by atoms with van der Waals surface area (Å²) in [5.41, 5.74) is 1.96. The van der Waals surface area contributed by atoms with Crippen molar-refractivity contribution in [2.24, 2.45) is 0 Å². The van der Waals surface area contributed by atoms with Crippen LogP contribution in [0, 0.1) is 0 Å². The molecule has 1 aromatic rings. The molecule has 1 saturated heterocycles. The highest BCUT2D eigenvalue weighted by Crippen LogP contribution is 2.27. The van der Waals surface area contributed by atoms with Gasteiger partial charge in [0, 0.05) is 39.3 Å². The Labute approximate surface area is 168 Å². The zero-order valence-electron chi connectivity index (χ0n) is 16.8.